The molecule has 0 aliphatic carbocycles. The molecule has 98 valence electrons. The van der Waals surface area contributed by atoms with Gasteiger partial charge in [0, 0.05) is 6.42 Å². The topological polar surface area (TPSA) is 87.7 Å². The zero-order valence-corrected chi connectivity index (χ0v) is 10.00. The van der Waals surface area contributed by atoms with E-state index in [1.165, 1.54) is 0 Å². The number of carboxylic acids is 2. The molecule has 19 heavy (non-hydrogen) atoms. The molecule has 1 aromatic carbocycles. The standard InChI is InChI=1S/C14H12O5/c15-13(16)10-8-19-11(12(10)14(17)18)7-6-9-4-2-1-3-5-9/h1-5,8H,6-7H2,(H,15,16)(H,17,18). The van der Waals surface area contributed by atoms with Crippen molar-refractivity contribution in [2.24, 2.45) is 0 Å². The van der Waals surface area contributed by atoms with E-state index in [2.05, 4.69) is 0 Å². The van der Waals surface area contributed by atoms with E-state index in [0.29, 0.717) is 12.8 Å². The van der Waals surface area contributed by atoms with Gasteiger partial charge in [0.05, 0.1) is 0 Å². The molecule has 0 radical (unpaired) electrons. The van der Waals surface area contributed by atoms with Gasteiger partial charge in [-0.2, -0.15) is 0 Å². The summed E-state index contributed by atoms with van der Waals surface area (Å²) in [5.41, 5.74) is 0.464. The highest BCUT2D eigenvalue weighted by Crippen LogP contribution is 2.19. The first kappa shape index (κ1) is 12.9. The van der Waals surface area contributed by atoms with Crippen LogP contribution in [-0.2, 0) is 12.8 Å². The minimum atomic E-state index is -1.30. The minimum absolute atomic E-state index is 0.189. The molecule has 1 aromatic heterocycles. The SMILES string of the molecule is O=C(O)c1coc(CCc2ccccc2)c1C(=O)O. The third-order valence-electron chi connectivity index (χ3n) is 2.80. The third kappa shape index (κ3) is 2.82. The second kappa shape index (κ2) is 5.39. The highest BCUT2D eigenvalue weighted by Gasteiger charge is 2.24. The van der Waals surface area contributed by atoms with Crippen molar-refractivity contribution in [2.75, 3.05) is 0 Å². The van der Waals surface area contributed by atoms with Crippen LogP contribution in [0.25, 0.3) is 0 Å². The van der Waals surface area contributed by atoms with Crippen molar-refractivity contribution in [1.82, 2.24) is 0 Å². The lowest BCUT2D eigenvalue weighted by atomic mass is 10.0. The number of rotatable bonds is 5. The summed E-state index contributed by atoms with van der Waals surface area (Å²) in [5, 5.41) is 17.9. The first-order valence-corrected chi connectivity index (χ1v) is 5.70. The van der Waals surface area contributed by atoms with Crippen molar-refractivity contribution in [3.8, 4) is 0 Å². The smallest absolute Gasteiger partial charge is 0.340 e. The van der Waals surface area contributed by atoms with E-state index in [1.807, 2.05) is 30.3 Å². The van der Waals surface area contributed by atoms with E-state index >= 15 is 0 Å². The van der Waals surface area contributed by atoms with E-state index in [0.717, 1.165) is 11.8 Å². The van der Waals surface area contributed by atoms with Crippen LogP contribution in [0.5, 0.6) is 0 Å². The van der Waals surface area contributed by atoms with Crippen molar-refractivity contribution in [3.63, 3.8) is 0 Å². The summed E-state index contributed by atoms with van der Waals surface area (Å²) in [4.78, 5) is 22.0. The molecule has 0 aliphatic rings. The minimum Gasteiger partial charge on any atom is -0.478 e. The summed E-state index contributed by atoms with van der Waals surface area (Å²) in [6.07, 6.45) is 1.92. The largest absolute Gasteiger partial charge is 0.478 e. The first-order valence-electron chi connectivity index (χ1n) is 5.70. The fourth-order valence-electron chi connectivity index (χ4n) is 1.88. The normalized spacial score (nSPS) is 10.3. The molecule has 0 fully saturated rings. The number of aromatic carboxylic acids is 2. The molecule has 2 N–H and O–H groups in total. The number of benzene rings is 1. The van der Waals surface area contributed by atoms with Crippen molar-refractivity contribution >= 4 is 11.9 Å². The highest BCUT2D eigenvalue weighted by atomic mass is 16.4. The zero-order chi connectivity index (χ0) is 13.8. The number of carboxylic acid groups (broad SMARTS) is 2. The third-order valence-corrected chi connectivity index (χ3v) is 2.80. The fourth-order valence-corrected chi connectivity index (χ4v) is 1.88. The Balaban J connectivity index is 2.21. The molecule has 0 saturated heterocycles. The van der Waals surface area contributed by atoms with Gasteiger partial charge in [0.1, 0.15) is 23.2 Å². The molecule has 0 bridgehead atoms. The van der Waals surface area contributed by atoms with Gasteiger partial charge in [-0.15, -0.1) is 0 Å². The Kier molecular flexibility index (Phi) is 3.66. The van der Waals surface area contributed by atoms with Crippen LogP contribution >= 0.6 is 0 Å². The maximum atomic E-state index is 11.1. The van der Waals surface area contributed by atoms with Gasteiger partial charge in [-0.1, -0.05) is 30.3 Å². The maximum absolute atomic E-state index is 11.1. The molecule has 0 spiro atoms. The zero-order valence-electron chi connectivity index (χ0n) is 10.00. The molecule has 0 atom stereocenters. The van der Waals surface area contributed by atoms with Crippen LogP contribution < -0.4 is 0 Å². The Morgan fingerprint density at radius 1 is 1.00 bits per heavy atom. The number of carbonyl (C=O) groups is 2. The van der Waals surface area contributed by atoms with E-state index in [9.17, 15) is 9.59 Å². The van der Waals surface area contributed by atoms with Gasteiger partial charge in [0.25, 0.3) is 0 Å². The number of aryl methyl sites for hydroxylation is 2. The Labute approximate surface area is 109 Å². The number of furan rings is 1. The second-order valence-corrected chi connectivity index (χ2v) is 4.04. The lowest BCUT2D eigenvalue weighted by Crippen LogP contribution is -2.07. The lowest BCUT2D eigenvalue weighted by Gasteiger charge is -2.00. The fraction of sp³-hybridized carbons (Fsp3) is 0.143. The molecule has 1 heterocycles. The van der Waals surface area contributed by atoms with Gasteiger partial charge in [0.15, 0.2) is 0 Å². The molecule has 0 aliphatic heterocycles. The summed E-state index contributed by atoms with van der Waals surface area (Å²) >= 11 is 0. The predicted molar refractivity (Wildman–Crippen MR) is 66.5 cm³/mol. The summed E-state index contributed by atoms with van der Waals surface area (Å²) < 4.78 is 5.08. The predicted octanol–water partition coefficient (Wildman–Crippen LogP) is 2.46. The molecule has 5 heteroatoms. The van der Waals surface area contributed by atoms with Crippen LogP contribution in [0, 0.1) is 0 Å². The van der Waals surface area contributed by atoms with Crippen LogP contribution in [0.2, 0.25) is 0 Å². The van der Waals surface area contributed by atoms with Crippen LogP contribution in [0.15, 0.2) is 41.0 Å². The van der Waals surface area contributed by atoms with Crippen LogP contribution in [0.4, 0.5) is 0 Å². The van der Waals surface area contributed by atoms with Gasteiger partial charge in [-0.25, -0.2) is 9.59 Å². The van der Waals surface area contributed by atoms with Crippen molar-refractivity contribution in [2.45, 2.75) is 12.8 Å². The maximum Gasteiger partial charge on any atom is 0.340 e. The quantitative estimate of drug-likeness (QED) is 0.862. The summed E-state index contributed by atoms with van der Waals surface area (Å²) in [6, 6.07) is 9.50. The van der Waals surface area contributed by atoms with E-state index in [1.54, 1.807) is 0 Å². The Morgan fingerprint density at radius 2 is 1.68 bits per heavy atom. The summed E-state index contributed by atoms with van der Waals surface area (Å²) in [5.74, 6) is -2.39. The van der Waals surface area contributed by atoms with Crippen LogP contribution in [0.3, 0.4) is 0 Å². The number of hydrogen-bond acceptors (Lipinski definition) is 3. The van der Waals surface area contributed by atoms with Crippen LogP contribution in [0.1, 0.15) is 32.0 Å². The summed E-state index contributed by atoms with van der Waals surface area (Å²) in [6.45, 7) is 0. The Hall–Kier alpha value is -2.56. The van der Waals surface area contributed by atoms with Gasteiger partial charge < -0.3 is 14.6 Å². The Morgan fingerprint density at radius 3 is 2.26 bits per heavy atom. The van der Waals surface area contributed by atoms with E-state index < -0.39 is 11.9 Å². The molecule has 0 unspecified atom stereocenters. The van der Waals surface area contributed by atoms with Gasteiger partial charge in [0.2, 0.25) is 0 Å². The van der Waals surface area contributed by atoms with E-state index in [4.69, 9.17) is 14.6 Å². The lowest BCUT2D eigenvalue weighted by molar-refractivity contribution is 0.0652. The molecule has 0 amide bonds. The monoisotopic (exact) mass is 260 g/mol. The molecular weight excluding hydrogens is 248 g/mol. The highest BCUT2D eigenvalue weighted by molar-refractivity contribution is 6.02. The number of hydrogen-bond donors (Lipinski definition) is 2. The van der Waals surface area contributed by atoms with E-state index in [-0.39, 0.29) is 16.9 Å². The molecule has 0 saturated carbocycles. The summed E-state index contributed by atoms with van der Waals surface area (Å²) in [7, 11) is 0. The van der Waals surface area contributed by atoms with Crippen molar-refractivity contribution in [3.05, 3.63) is 59.0 Å². The second-order valence-electron chi connectivity index (χ2n) is 4.04. The molecular formula is C14H12O5. The average Bonchev–Trinajstić information content (AvgIpc) is 2.81. The van der Waals surface area contributed by atoms with Gasteiger partial charge >= 0.3 is 11.9 Å². The van der Waals surface area contributed by atoms with Crippen LogP contribution in [-0.4, -0.2) is 22.2 Å². The first-order chi connectivity index (χ1) is 9.09. The molecule has 2 aromatic rings. The van der Waals surface area contributed by atoms with Gasteiger partial charge in [-0.05, 0) is 12.0 Å². The Bertz CT molecular complexity index is 598. The van der Waals surface area contributed by atoms with Gasteiger partial charge in [-0.3, -0.25) is 0 Å². The molecule has 5 nitrogen and oxygen atoms in total. The van der Waals surface area contributed by atoms with Crippen molar-refractivity contribution < 1.29 is 24.2 Å². The average molecular weight is 260 g/mol. The van der Waals surface area contributed by atoms with Crippen molar-refractivity contribution in [1.29, 1.82) is 0 Å². The molecule has 2 rings (SSSR count).